The Balaban J connectivity index is -0.0000000267. The molecule has 0 aromatic carbocycles. The maximum atomic E-state index is 8.55. The van der Waals surface area contributed by atoms with Crippen molar-refractivity contribution in [3.8, 4) is 0 Å². The maximum Gasteiger partial charge on any atom is 3.00 e. The summed E-state index contributed by atoms with van der Waals surface area (Å²) in [6.45, 7) is 0. The van der Waals surface area contributed by atoms with Crippen molar-refractivity contribution in [3.63, 3.8) is 0 Å². The minimum atomic E-state index is -5.39. The molecular formula is FeLiO8P3. The van der Waals surface area contributed by atoms with E-state index in [2.05, 4.69) is 0 Å². The summed E-state index contributed by atoms with van der Waals surface area (Å²) >= 11 is 0. The SMILES string of the molecule is O=P([O-])([O-])[O-].O=P([O-])([O-])[O-].[Fe+2].[Li+].[P+3]. The second-order valence-electron chi connectivity index (χ2n) is 0.894. The van der Waals surface area contributed by atoms with Crippen LogP contribution in [0, 0.1) is 0 Å². The molecule has 0 N–H and O–H groups in total. The van der Waals surface area contributed by atoms with Crippen LogP contribution >= 0.6 is 25.5 Å². The first-order valence-corrected chi connectivity index (χ1v) is 4.38. The molecule has 8 nitrogen and oxygen atoms in total. The summed E-state index contributed by atoms with van der Waals surface area (Å²) in [7, 11) is -10.8. The van der Waals surface area contributed by atoms with Crippen LogP contribution in [0.1, 0.15) is 0 Å². The van der Waals surface area contributed by atoms with Crippen molar-refractivity contribution in [2.75, 3.05) is 0 Å². The minimum absolute atomic E-state index is 0. The molecule has 0 spiro atoms. The topological polar surface area (TPSA) is 172 Å². The zero-order chi connectivity index (χ0) is 9.00. The van der Waals surface area contributed by atoms with Gasteiger partial charge in [-0.1, -0.05) is 0 Å². The van der Waals surface area contributed by atoms with Crippen LogP contribution in [-0.4, -0.2) is 0 Å². The van der Waals surface area contributed by atoms with E-state index in [9.17, 15) is 0 Å². The van der Waals surface area contributed by atoms with E-state index in [-0.39, 0.29) is 45.8 Å². The third kappa shape index (κ3) is 611. The average molecular weight is 284 g/mol. The average Bonchev–Trinajstić information content (AvgIpc) is 1.12. The van der Waals surface area contributed by atoms with E-state index in [1.807, 2.05) is 0 Å². The van der Waals surface area contributed by atoms with Gasteiger partial charge in [0.1, 0.15) is 0 Å². The number of hydrogen-bond acceptors (Lipinski definition) is 8. The summed E-state index contributed by atoms with van der Waals surface area (Å²) in [5.74, 6) is 0. The fourth-order valence-corrected chi connectivity index (χ4v) is 0. The second-order valence-corrected chi connectivity index (χ2v) is 2.68. The normalized spacial score (nSPS) is 9.08. The summed E-state index contributed by atoms with van der Waals surface area (Å²) < 4.78 is 17.1. The van der Waals surface area contributed by atoms with Crippen molar-refractivity contribution >= 4 is 25.5 Å². The molecule has 0 aromatic rings. The Labute approximate surface area is 99.9 Å². The van der Waals surface area contributed by atoms with Crippen molar-refractivity contribution < 1.29 is 74.4 Å². The van der Waals surface area contributed by atoms with Crippen LogP contribution in [0.2, 0.25) is 0 Å². The number of phosphoric acid groups is 2. The summed E-state index contributed by atoms with van der Waals surface area (Å²) in [4.78, 5) is 51.3. The van der Waals surface area contributed by atoms with Crippen LogP contribution in [0.3, 0.4) is 0 Å². The largest absolute Gasteiger partial charge is 3.00 e. The summed E-state index contributed by atoms with van der Waals surface area (Å²) in [5.41, 5.74) is 0. The van der Waals surface area contributed by atoms with E-state index in [1.165, 1.54) is 0 Å². The molecular weight excluding hydrogens is 284 g/mol. The van der Waals surface area contributed by atoms with E-state index < -0.39 is 15.6 Å². The summed E-state index contributed by atoms with van der Waals surface area (Å²) in [6.07, 6.45) is 0. The summed E-state index contributed by atoms with van der Waals surface area (Å²) in [6, 6.07) is 0. The monoisotopic (exact) mass is 284 g/mol. The van der Waals surface area contributed by atoms with Gasteiger partial charge in [0.15, 0.2) is 0 Å². The Morgan fingerprint density at radius 1 is 0.692 bits per heavy atom. The molecule has 0 unspecified atom stereocenters. The Morgan fingerprint density at radius 2 is 0.692 bits per heavy atom. The molecule has 0 amide bonds. The molecule has 0 atom stereocenters. The number of rotatable bonds is 0. The van der Waals surface area contributed by atoms with Crippen LogP contribution in [0.25, 0.3) is 0 Å². The fraction of sp³-hybridized carbons (Fsp3) is 0. The molecule has 0 saturated carbocycles. The molecule has 13 heteroatoms. The smallest absolute Gasteiger partial charge is 0.822 e. The minimum Gasteiger partial charge on any atom is -0.822 e. The first-order valence-electron chi connectivity index (χ1n) is 1.46. The van der Waals surface area contributed by atoms with E-state index >= 15 is 0 Å². The molecule has 13 heavy (non-hydrogen) atoms. The molecule has 0 fully saturated rings. The van der Waals surface area contributed by atoms with Gasteiger partial charge >= 0.3 is 45.8 Å². The quantitative estimate of drug-likeness (QED) is 0.311. The van der Waals surface area contributed by atoms with E-state index in [1.54, 1.807) is 0 Å². The van der Waals surface area contributed by atoms with Crippen molar-refractivity contribution in [3.05, 3.63) is 0 Å². The van der Waals surface area contributed by atoms with Gasteiger partial charge in [-0.2, -0.15) is 15.6 Å². The molecule has 2 radical (unpaired) electrons. The Morgan fingerprint density at radius 3 is 0.692 bits per heavy atom. The first kappa shape index (κ1) is 29.3. The van der Waals surface area contributed by atoms with Crippen LogP contribution in [0.15, 0.2) is 0 Å². The third-order valence-electron chi connectivity index (χ3n) is 0. The summed E-state index contributed by atoms with van der Waals surface area (Å²) in [5, 5.41) is 0. The van der Waals surface area contributed by atoms with E-state index in [4.69, 9.17) is 38.5 Å². The molecule has 72 valence electrons. The van der Waals surface area contributed by atoms with Gasteiger partial charge in [-0.25, -0.2) is 0 Å². The van der Waals surface area contributed by atoms with Crippen molar-refractivity contribution in [1.82, 2.24) is 0 Å². The van der Waals surface area contributed by atoms with E-state index in [0.717, 1.165) is 0 Å². The zero-order valence-electron chi connectivity index (χ0n) is 5.96. The molecule has 0 aliphatic heterocycles. The van der Waals surface area contributed by atoms with Gasteiger partial charge in [0.25, 0.3) is 0 Å². The van der Waals surface area contributed by atoms with Crippen LogP contribution < -0.4 is 48.2 Å². The predicted molar refractivity (Wildman–Crippen MR) is 22.1 cm³/mol. The van der Waals surface area contributed by atoms with Gasteiger partial charge in [0, 0.05) is 0 Å². The molecule has 0 aliphatic rings. The molecule has 0 bridgehead atoms. The van der Waals surface area contributed by atoms with Gasteiger partial charge in [-0.3, -0.25) is 0 Å². The molecule has 0 saturated heterocycles. The van der Waals surface area contributed by atoms with Crippen molar-refractivity contribution in [2.24, 2.45) is 0 Å². The van der Waals surface area contributed by atoms with Gasteiger partial charge in [-0.15, -0.1) is 0 Å². The standard InChI is InChI=1S/Fe.Li.2H3O4P.P/c;;2*1-5(2,3)4;/h;;2*(H3,1,2,3,4);/q+2;+1;;;+3/p-6. The Kier molecular flexibility index (Phi) is 26.7. The zero-order valence-corrected chi connectivity index (χ0v) is 9.75. The van der Waals surface area contributed by atoms with Crippen LogP contribution in [0.4, 0.5) is 0 Å². The van der Waals surface area contributed by atoms with Crippen LogP contribution in [0.5, 0.6) is 0 Å². The first-order chi connectivity index (χ1) is 4.00. The van der Waals surface area contributed by atoms with Crippen molar-refractivity contribution in [1.29, 1.82) is 0 Å². The molecule has 0 heterocycles. The van der Waals surface area contributed by atoms with Crippen molar-refractivity contribution in [2.45, 2.75) is 0 Å². The Hall–Kier alpha value is 1.77. The van der Waals surface area contributed by atoms with Gasteiger partial charge in [0.2, 0.25) is 0 Å². The number of hydrogen-bond donors (Lipinski definition) is 0. The van der Waals surface area contributed by atoms with E-state index in [0.29, 0.717) is 0 Å². The molecule has 0 aromatic heterocycles. The molecule has 0 aliphatic carbocycles. The van der Waals surface area contributed by atoms with Gasteiger partial charge in [0.05, 0.1) is 0 Å². The second kappa shape index (κ2) is 11.8. The predicted octanol–water partition coefficient (Wildman–Crippen LogP) is -7.79. The van der Waals surface area contributed by atoms with Crippen LogP contribution in [-0.2, 0) is 26.2 Å². The maximum absolute atomic E-state index is 8.55. The van der Waals surface area contributed by atoms with Gasteiger partial charge in [-0.05, 0) is 0 Å². The fourth-order valence-electron chi connectivity index (χ4n) is 0. The molecule has 0 rings (SSSR count). The third-order valence-corrected chi connectivity index (χ3v) is 0. The Bertz CT molecular complexity index is 132. The van der Waals surface area contributed by atoms with Gasteiger partial charge < -0.3 is 38.5 Å².